The molecule has 1 aromatic carbocycles. The number of aromatic nitrogens is 1. The van der Waals surface area contributed by atoms with Crippen molar-refractivity contribution in [1.29, 1.82) is 0 Å². The molecule has 0 bridgehead atoms. The van der Waals surface area contributed by atoms with Crippen molar-refractivity contribution in [3.05, 3.63) is 53.2 Å². The van der Waals surface area contributed by atoms with Crippen molar-refractivity contribution in [3.63, 3.8) is 0 Å². The SMILES string of the molecule is COC(=O)c1ccccc1CNCc1ncc(C)o1. The number of ether oxygens (including phenoxy) is 1. The number of aryl methyl sites for hydroxylation is 1. The van der Waals surface area contributed by atoms with Crippen LogP contribution in [0, 0.1) is 6.92 Å². The van der Waals surface area contributed by atoms with Gasteiger partial charge < -0.3 is 14.5 Å². The molecule has 0 unspecified atom stereocenters. The fraction of sp³-hybridized carbons (Fsp3) is 0.286. The van der Waals surface area contributed by atoms with E-state index in [9.17, 15) is 4.79 Å². The first kappa shape index (κ1) is 13.3. The van der Waals surface area contributed by atoms with Gasteiger partial charge in [-0.15, -0.1) is 0 Å². The number of hydrogen-bond donors (Lipinski definition) is 1. The van der Waals surface area contributed by atoms with Crippen LogP contribution in [0.25, 0.3) is 0 Å². The lowest BCUT2D eigenvalue weighted by molar-refractivity contribution is 0.0599. The Labute approximate surface area is 111 Å². The predicted molar refractivity (Wildman–Crippen MR) is 69.6 cm³/mol. The molecule has 0 atom stereocenters. The lowest BCUT2D eigenvalue weighted by Crippen LogP contribution is -2.16. The van der Waals surface area contributed by atoms with E-state index in [2.05, 4.69) is 10.3 Å². The monoisotopic (exact) mass is 260 g/mol. The average Bonchev–Trinajstić information content (AvgIpc) is 2.84. The maximum absolute atomic E-state index is 11.6. The van der Waals surface area contributed by atoms with Crippen molar-refractivity contribution in [2.24, 2.45) is 0 Å². The summed E-state index contributed by atoms with van der Waals surface area (Å²) in [6.45, 7) is 2.92. The Morgan fingerprint density at radius 3 is 2.84 bits per heavy atom. The van der Waals surface area contributed by atoms with Gasteiger partial charge in [-0.3, -0.25) is 0 Å². The van der Waals surface area contributed by atoms with Gasteiger partial charge in [0.2, 0.25) is 5.89 Å². The third-order valence-corrected chi connectivity index (χ3v) is 2.68. The second kappa shape index (κ2) is 6.15. The standard InChI is InChI=1S/C14H16N2O3/c1-10-7-16-13(19-10)9-15-8-11-5-3-4-6-12(11)14(17)18-2/h3-7,15H,8-9H2,1-2H3. The zero-order valence-electron chi connectivity index (χ0n) is 11.0. The fourth-order valence-electron chi connectivity index (χ4n) is 1.77. The van der Waals surface area contributed by atoms with Gasteiger partial charge in [0.25, 0.3) is 0 Å². The van der Waals surface area contributed by atoms with Gasteiger partial charge in [-0.25, -0.2) is 9.78 Å². The number of carbonyl (C=O) groups is 1. The lowest BCUT2D eigenvalue weighted by Gasteiger charge is -2.07. The summed E-state index contributed by atoms with van der Waals surface area (Å²) in [5.74, 6) is 1.09. The molecule has 0 aliphatic rings. The Morgan fingerprint density at radius 1 is 1.37 bits per heavy atom. The van der Waals surface area contributed by atoms with E-state index in [0.29, 0.717) is 24.5 Å². The number of rotatable bonds is 5. The number of oxazole rings is 1. The van der Waals surface area contributed by atoms with E-state index in [4.69, 9.17) is 9.15 Å². The molecule has 0 fully saturated rings. The summed E-state index contributed by atoms with van der Waals surface area (Å²) >= 11 is 0. The Kier molecular flexibility index (Phi) is 4.30. The minimum absolute atomic E-state index is 0.329. The molecule has 1 aromatic heterocycles. The van der Waals surface area contributed by atoms with Gasteiger partial charge in [-0.1, -0.05) is 18.2 Å². The molecule has 0 spiro atoms. The minimum Gasteiger partial charge on any atom is -0.465 e. The smallest absolute Gasteiger partial charge is 0.338 e. The van der Waals surface area contributed by atoms with E-state index in [1.165, 1.54) is 7.11 Å². The van der Waals surface area contributed by atoms with Gasteiger partial charge in [0.15, 0.2) is 0 Å². The normalized spacial score (nSPS) is 10.4. The average molecular weight is 260 g/mol. The third kappa shape index (κ3) is 3.42. The molecular formula is C14H16N2O3. The number of nitrogens with one attached hydrogen (secondary N) is 1. The lowest BCUT2D eigenvalue weighted by atomic mass is 10.1. The highest BCUT2D eigenvalue weighted by Gasteiger charge is 2.10. The molecule has 0 aliphatic heterocycles. The molecule has 2 rings (SSSR count). The van der Waals surface area contributed by atoms with Crippen molar-refractivity contribution >= 4 is 5.97 Å². The maximum atomic E-state index is 11.6. The summed E-state index contributed by atoms with van der Waals surface area (Å²) < 4.78 is 10.1. The summed E-state index contributed by atoms with van der Waals surface area (Å²) in [6, 6.07) is 7.34. The molecule has 0 saturated heterocycles. The molecule has 100 valence electrons. The quantitative estimate of drug-likeness (QED) is 0.834. The second-order valence-electron chi connectivity index (χ2n) is 4.12. The van der Waals surface area contributed by atoms with Crippen molar-refractivity contribution in [2.45, 2.75) is 20.0 Å². The van der Waals surface area contributed by atoms with E-state index in [1.54, 1.807) is 12.3 Å². The largest absolute Gasteiger partial charge is 0.465 e. The van der Waals surface area contributed by atoms with Gasteiger partial charge in [-0.05, 0) is 18.6 Å². The van der Waals surface area contributed by atoms with E-state index in [-0.39, 0.29) is 5.97 Å². The second-order valence-corrected chi connectivity index (χ2v) is 4.12. The van der Waals surface area contributed by atoms with Gasteiger partial charge in [-0.2, -0.15) is 0 Å². The fourth-order valence-corrected chi connectivity index (χ4v) is 1.77. The Hall–Kier alpha value is -2.14. The van der Waals surface area contributed by atoms with E-state index < -0.39 is 0 Å². The van der Waals surface area contributed by atoms with Crippen LogP contribution in [-0.4, -0.2) is 18.1 Å². The maximum Gasteiger partial charge on any atom is 0.338 e. The number of methoxy groups -OCH3 is 1. The predicted octanol–water partition coefficient (Wildman–Crippen LogP) is 2.06. The molecule has 0 amide bonds. The first-order valence-corrected chi connectivity index (χ1v) is 5.99. The highest BCUT2D eigenvalue weighted by atomic mass is 16.5. The molecular weight excluding hydrogens is 244 g/mol. The van der Waals surface area contributed by atoms with Crippen molar-refractivity contribution in [1.82, 2.24) is 10.3 Å². The van der Waals surface area contributed by atoms with Crippen LogP contribution in [0.1, 0.15) is 27.6 Å². The van der Waals surface area contributed by atoms with Crippen LogP contribution >= 0.6 is 0 Å². The van der Waals surface area contributed by atoms with Gasteiger partial charge in [0.1, 0.15) is 5.76 Å². The van der Waals surface area contributed by atoms with Gasteiger partial charge in [0, 0.05) is 6.54 Å². The molecule has 0 aliphatic carbocycles. The van der Waals surface area contributed by atoms with Crippen LogP contribution in [-0.2, 0) is 17.8 Å². The van der Waals surface area contributed by atoms with E-state index in [0.717, 1.165) is 11.3 Å². The van der Waals surface area contributed by atoms with Crippen molar-refractivity contribution in [2.75, 3.05) is 7.11 Å². The first-order chi connectivity index (χ1) is 9.20. The number of carbonyl (C=O) groups excluding carboxylic acids is 1. The molecule has 0 radical (unpaired) electrons. The zero-order valence-corrected chi connectivity index (χ0v) is 11.0. The van der Waals surface area contributed by atoms with Crippen LogP contribution in [0.3, 0.4) is 0 Å². The van der Waals surface area contributed by atoms with E-state index in [1.807, 2.05) is 25.1 Å². The Morgan fingerprint density at radius 2 is 2.16 bits per heavy atom. The third-order valence-electron chi connectivity index (χ3n) is 2.68. The summed E-state index contributed by atoms with van der Waals surface area (Å²) in [6.07, 6.45) is 1.68. The summed E-state index contributed by atoms with van der Waals surface area (Å²) in [5, 5.41) is 3.19. The van der Waals surface area contributed by atoms with Crippen molar-refractivity contribution < 1.29 is 13.9 Å². The highest BCUT2D eigenvalue weighted by molar-refractivity contribution is 5.90. The molecule has 5 nitrogen and oxygen atoms in total. The molecule has 0 saturated carbocycles. The van der Waals surface area contributed by atoms with Crippen molar-refractivity contribution in [3.8, 4) is 0 Å². The van der Waals surface area contributed by atoms with E-state index >= 15 is 0 Å². The first-order valence-electron chi connectivity index (χ1n) is 5.99. The number of esters is 1. The van der Waals surface area contributed by atoms with Crippen LogP contribution in [0.5, 0.6) is 0 Å². The van der Waals surface area contributed by atoms with Crippen LogP contribution in [0.15, 0.2) is 34.9 Å². The van der Waals surface area contributed by atoms with Crippen LogP contribution in [0.2, 0.25) is 0 Å². The molecule has 2 aromatic rings. The molecule has 1 heterocycles. The minimum atomic E-state index is -0.329. The Bertz CT molecular complexity index is 563. The Balaban J connectivity index is 1.97. The summed E-state index contributed by atoms with van der Waals surface area (Å²) in [4.78, 5) is 15.7. The summed E-state index contributed by atoms with van der Waals surface area (Å²) in [7, 11) is 1.38. The molecule has 19 heavy (non-hydrogen) atoms. The number of nitrogens with zero attached hydrogens (tertiary/aromatic N) is 1. The van der Waals surface area contributed by atoms with Gasteiger partial charge in [0.05, 0.1) is 25.4 Å². The number of hydrogen-bond acceptors (Lipinski definition) is 5. The molecule has 1 N–H and O–H groups in total. The molecule has 5 heteroatoms. The zero-order chi connectivity index (χ0) is 13.7. The number of benzene rings is 1. The van der Waals surface area contributed by atoms with Gasteiger partial charge >= 0.3 is 5.97 Å². The summed E-state index contributed by atoms with van der Waals surface area (Å²) in [5.41, 5.74) is 1.46. The topological polar surface area (TPSA) is 64.4 Å². The van der Waals surface area contributed by atoms with Crippen LogP contribution < -0.4 is 5.32 Å². The highest BCUT2D eigenvalue weighted by Crippen LogP contribution is 2.10. The van der Waals surface area contributed by atoms with Crippen LogP contribution in [0.4, 0.5) is 0 Å².